The summed E-state index contributed by atoms with van der Waals surface area (Å²) in [7, 11) is 0. The fraction of sp³-hybridized carbons (Fsp3) is 0.500. The first kappa shape index (κ1) is 13.5. The largest absolute Gasteiger partial charge is 0.357 e. The van der Waals surface area contributed by atoms with Crippen molar-refractivity contribution in [2.75, 3.05) is 13.1 Å². The summed E-state index contributed by atoms with van der Waals surface area (Å²) in [5.41, 5.74) is 1.08. The van der Waals surface area contributed by atoms with Gasteiger partial charge in [-0.25, -0.2) is 9.98 Å². The number of aromatic nitrogens is 1. The van der Waals surface area contributed by atoms with Crippen molar-refractivity contribution in [3.63, 3.8) is 0 Å². The second kappa shape index (κ2) is 6.92. The molecule has 0 fully saturated rings. The summed E-state index contributed by atoms with van der Waals surface area (Å²) in [6.07, 6.45) is 5.20. The Morgan fingerprint density at radius 3 is 2.76 bits per heavy atom. The lowest BCUT2D eigenvalue weighted by molar-refractivity contribution is 0.862. The van der Waals surface area contributed by atoms with Gasteiger partial charge in [-0.05, 0) is 20.8 Å². The van der Waals surface area contributed by atoms with E-state index >= 15 is 0 Å². The lowest BCUT2D eigenvalue weighted by Crippen LogP contribution is -2.37. The zero-order chi connectivity index (χ0) is 12.7. The number of nitrogens with one attached hydrogen (secondary N) is 2. The molecule has 0 unspecified atom stereocenters. The molecule has 92 valence electrons. The molecule has 1 heterocycles. The topological polar surface area (TPSA) is 49.3 Å². The molecule has 0 aliphatic heterocycles. The first-order valence-electron chi connectivity index (χ1n) is 5.56. The maximum Gasteiger partial charge on any atom is 0.192 e. The molecule has 0 atom stereocenters. The number of hydrogen-bond donors (Lipinski definition) is 2. The van der Waals surface area contributed by atoms with Crippen LogP contribution < -0.4 is 10.6 Å². The summed E-state index contributed by atoms with van der Waals surface area (Å²) in [6.45, 7) is 7.97. The Kier molecular flexibility index (Phi) is 5.50. The van der Waals surface area contributed by atoms with Gasteiger partial charge in [0, 0.05) is 11.4 Å². The van der Waals surface area contributed by atoms with Crippen molar-refractivity contribution in [1.29, 1.82) is 0 Å². The van der Waals surface area contributed by atoms with Crippen molar-refractivity contribution in [2.45, 2.75) is 27.3 Å². The summed E-state index contributed by atoms with van der Waals surface area (Å²) in [5, 5.41) is 7.20. The summed E-state index contributed by atoms with van der Waals surface area (Å²) < 4.78 is 0. The minimum Gasteiger partial charge on any atom is -0.357 e. The first-order valence-corrected chi connectivity index (χ1v) is 6.37. The van der Waals surface area contributed by atoms with Crippen LogP contribution in [0.5, 0.6) is 0 Å². The van der Waals surface area contributed by atoms with Gasteiger partial charge < -0.3 is 10.6 Å². The van der Waals surface area contributed by atoms with Gasteiger partial charge in [-0.2, -0.15) is 0 Å². The van der Waals surface area contributed by atoms with Gasteiger partial charge in [0.25, 0.3) is 0 Å². The molecule has 0 radical (unpaired) electrons. The predicted octanol–water partition coefficient (Wildman–Crippen LogP) is 1.45. The number of aryl methyl sites for hydroxylation is 2. The predicted molar refractivity (Wildman–Crippen MR) is 73.2 cm³/mol. The van der Waals surface area contributed by atoms with Gasteiger partial charge in [-0.15, -0.1) is 17.8 Å². The van der Waals surface area contributed by atoms with E-state index in [1.54, 1.807) is 11.3 Å². The van der Waals surface area contributed by atoms with Crippen LogP contribution in [-0.2, 0) is 6.54 Å². The normalized spacial score (nSPS) is 11.1. The van der Waals surface area contributed by atoms with Crippen LogP contribution >= 0.6 is 11.3 Å². The molecule has 1 aromatic heterocycles. The lowest BCUT2D eigenvalue weighted by atomic mass is 10.4. The highest BCUT2D eigenvalue weighted by Crippen LogP contribution is 2.16. The molecule has 0 amide bonds. The average Bonchev–Trinajstić information content (AvgIpc) is 2.62. The van der Waals surface area contributed by atoms with Gasteiger partial charge in [0.2, 0.25) is 0 Å². The number of thiazole rings is 1. The Bertz CT molecular complexity index is 409. The Hall–Kier alpha value is -1.54. The van der Waals surface area contributed by atoms with Gasteiger partial charge in [0.05, 0.1) is 18.8 Å². The summed E-state index contributed by atoms with van der Waals surface area (Å²) >= 11 is 1.68. The van der Waals surface area contributed by atoms with Gasteiger partial charge in [0.15, 0.2) is 5.96 Å². The second-order valence-electron chi connectivity index (χ2n) is 3.50. The molecule has 0 aromatic carbocycles. The molecule has 0 aliphatic carbocycles. The monoisotopic (exact) mass is 250 g/mol. The summed E-state index contributed by atoms with van der Waals surface area (Å²) in [5.74, 6) is 3.26. The Morgan fingerprint density at radius 1 is 1.47 bits per heavy atom. The van der Waals surface area contributed by atoms with Crippen molar-refractivity contribution in [3.8, 4) is 12.3 Å². The lowest BCUT2D eigenvalue weighted by Gasteiger charge is -2.07. The van der Waals surface area contributed by atoms with E-state index < -0.39 is 0 Å². The molecule has 1 rings (SSSR count). The molecular formula is C12H18N4S. The van der Waals surface area contributed by atoms with Crippen LogP contribution in [0.1, 0.15) is 22.5 Å². The maximum absolute atomic E-state index is 5.20. The van der Waals surface area contributed by atoms with Crippen LogP contribution in [0.25, 0.3) is 0 Å². The number of aliphatic imine (C=N–C) groups is 1. The van der Waals surface area contributed by atoms with E-state index in [2.05, 4.69) is 33.5 Å². The molecule has 1 aromatic rings. The molecular weight excluding hydrogens is 232 g/mol. The van der Waals surface area contributed by atoms with Gasteiger partial charge in [0.1, 0.15) is 5.01 Å². The quantitative estimate of drug-likeness (QED) is 0.483. The fourth-order valence-corrected chi connectivity index (χ4v) is 2.09. The van der Waals surface area contributed by atoms with Crippen molar-refractivity contribution >= 4 is 17.3 Å². The summed E-state index contributed by atoms with van der Waals surface area (Å²) in [4.78, 5) is 10.1. The highest BCUT2D eigenvalue weighted by Gasteiger charge is 2.03. The molecule has 0 bridgehead atoms. The molecule has 0 saturated heterocycles. The molecule has 0 aliphatic rings. The summed E-state index contributed by atoms with van der Waals surface area (Å²) in [6, 6.07) is 0. The second-order valence-corrected chi connectivity index (χ2v) is 4.79. The number of terminal acetylenes is 1. The van der Waals surface area contributed by atoms with E-state index in [-0.39, 0.29) is 0 Å². The maximum atomic E-state index is 5.20. The Balaban J connectivity index is 2.61. The van der Waals surface area contributed by atoms with Crippen molar-refractivity contribution < 1.29 is 0 Å². The number of rotatable bonds is 4. The van der Waals surface area contributed by atoms with E-state index in [1.165, 1.54) is 4.88 Å². The van der Waals surface area contributed by atoms with Crippen LogP contribution in [0.4, 0.5) is 0 Å². The van der Waals surface area contributed by atoms with Gasteiger partial charge in [-0.1, -0.05) is 5.92 Å². The van der Waals surface area contributed by atoms with Crippen molar-refractivity contribution in [1.82, 2.24) is 15.6 Å². The highest BCUT2D eigenvalue weighted by molar-refractivity contribution is 7.11. The average molecular weight is 250 g/mol. The Morgan fingerprint density at radius 2 is 2.24 bits per heavy atom. The van der Waals surface area contributed by atoms with E-state index in [4.69, 9.17) is 6.42 Å². The number of hydrogen-bond acceptors (Lipinski definition) is 3. The van der Waals surface area contributed by atoms with Crippen LogP contribution in [0.2, 0.25) is 0 Å². The third kappa shape index (κ3) is 4.45. The van der Waals surface area contributed by atoms with Crippen LogP contribution in [0.3, 0.4) is 0 Å². The first-order chi connectivity index (χ1) is 8.17. The third-order valence-electron chi connectivity index (χ3n) is 2.15. The van der Waals surface area contributed by atoms with Crippen molar-refractivity contribution in [3.05, 3.63) is 15.6 Å². The highest BCUT2D eigenvalue weighted by atomic mass is 32.1. The van der Waals surface area contributed by atoms with Gasteiger partial charge in [-0.3, -0.25) is 0 Å². The van der Waals surface area contributed by atoms with Crippen LogP contribution in [-0.4, -0.2) is 24.0 Å². The smallest absolute Gasteiger partial charge is 0.192 e. The van der Waals surface area contributed by atoms with E-state index in [0.29, 0.717) is 13.1 Å². The standard InChI is InChI=1S/C12H18N4S/c1-5-7-14-12(13-6-2)15-8-11-16-9(3)10(4)17-11/h1H,6-8H2,2-4H3,(H2,13,14,15). The number of nitrogens with zero attached hydrogens (tertiary/aromatic N) is 2. The van der Waals surface area contributed by atoms with E-state index in [1.807, 2.05) is 13.8 Å². The van der Waals surface area contributed by atoms with E-state index in [0.717, 1.165) is 23.2 Å². The molecule has 2 N–H and O–H groups in total. The zero-order valence-electron chi connectivity index (χ0n) is 10.5. The molecule has 4 nitrogen and oxygen atoms in total. The number of guanidine groups is 1. The zero-order valence-corrected chi connectivity index (χ0v) is 11.3. The van der Waals surface area contributed by atoms with Crippen LogP contribution in [0.15, 0.2) is 4.99 Å². The van der Waals surface area contributed by atoms with E-state index in [9.17, 15) is 0 Å². The molecule has 0 saturated carbocycles. The molecule has 0 spiro atoms. The molecule has 5 heteroatoms. The van der Waals surface area contributed by atoms with Gasteiger partial charge >= 0.3 is 0 Å². The van der Waals surface area contributed by atoms with Crippen molar-refractivity contribution in [2.24, 2.45) is 4.99 Å². The Labute approximate surface area is 107 Å². The third-order valence-corrected chi connectivity index (χ3v) is 3.20. The SMILES string of the molecule is C#CCNC(=NCc1nc(C)c(C)s1)NCC. The fourth-order valence-electron chi connectivity index (χ4n) is 1.23. The molecule has 17 heavy (non-hydrogen) atoms. The minimum atomic E-state index is 0.474. The van der Waals surface area contributed by atoms with Crippen LogP contribution in [0, 0.1) is 26.2 Å². The minimum absolute atomic E-state index is 0.474.